The molecular formula is C32H26N4OS2. The van der Waals surface area contributed by atoms with Gasteiger partial charge in [0.2, 0.25) is 5.91 Å². The Morgan fingerprint density at radius 1 is 1.03 bits per heavy atom. The number of benzene rings is 3. The maximum Gasteiger partial charge on any atom is 0.226 e. The van der Waals surface area contributed by atoms with Crippen LogP contribution in [0.1, 0.15) is 41.1 Å². The normalized spacial score (nSPS) is 14.5. The van der Waals surface area contributed by atoms with Crippen LogP contribution in [0.25, 0.3) is 22.0 Å². The number of carbonyl (C=O) groups is 1. The summed E-state index contributed by atoms with van der Waals surface area (Å²) in [6.45, 7) is 0. The van der Waals surface area contributed by atoms with Gasteiger partial charge >= 0.3 is 0 Å². The van der Waals surface area contributed by atoms with Crippen LogP contribution >= 0.6 is 23.1 Å². The Labute approximate surface area is 236 Å². The van der Waals surface area contributed by atoms with E-state index in [9.17, 15) is 10.1 Å². The molecule has 1 N–H and O–H groups in total. The lowest BCUT2D eigenvalue weighted by molar-refractivity contribution is -0.115. The van der Waals surface area contributed by atoms with Gasteiger partial charge in [0.05, 0.1) is 11.3 Å². The van der Waals surface area contributed by atoms with Gasteiger partial charge in [-0.05, 0) is 59.2 Å². The number of fused-ring (bicyclic) bond motifs is 2. The van der Waals surface area contributed by atoms with Crippen LogP contribution in [0.3, 0.4) is 0 Å². The van der Waals surface area contributed by atoms with E-state index in [-0.39, 0.29) is 5.91 Å². The highest BCUT2D eigenvalue weighted by Crippen LogP contribution is 2.34. The number of aryl methyl sites for hydroxylation is 1. The van der Waals surface area contributed by atoms with Crippen LogP contribution in [0.2, 0.25) is 0 Å². The number of carbonyl (C=O) groups excluding carboxylic acids is 1. The molecule has 0 fully saturated rings. The lowest BCUT2D eigenvalue weighted by Crippen LogP contribution is -2.15. The third-order valence-electron chi connectivity index (χ3n) is 7.11. The summed E-state index contributed by atoms with van der Waals surface area (Å²) in [6.07, 6.45) is 3.17. The number of nitrogens with zero attached hydrogens (tertiary/aromatic N) is 3. The molecule has 192 valence electrons. The molecule has 5 aromatic rings. The van der Waals surface area contributed by atoms with Crippen molar-refractivity contribution in [3.8, 4) is 17.3 Å². The zero-order valence-electron chi connectivity index (χ0n) is 21.3. The Hall–Kier alpha value is -3.99. The van der Waals surface area contributed by atoms with Crippen LogP contribution in [-0.4, -0.2) is 21.6 Å². The van der Waals surface area contributed by atoms with Gasteiger partial charge in [0.1, 0.15) is 11.1 Å². The zero-order valence-corrected chi connectivity index (χ0v) is 22.9. The van der Waals surface area contributed by atoms with Gasteiger partial charge in [0.25, 0.3) is 0 Å². The molecule has 1 unspecified atom stereocenters. The summed E-state index contributed by atoms with van der Waals surface area (Å²) < 4.78 is 0. The van der Waals surface area contributed by atoms with Crippen LogP contribution in [0.4, 0.5) is 5.13 Å². The van der Waals surface area contributed by atoms with Gasteiger partial charge in [-0.15, -0.1) is 23.1 Å². The lowest BCUT2D eigenvalue weighted by Gasteiger charge is -2.25. The predicted octanol–water partition coefficient (Wildman–Crippen LogP) is 7.62. The molecule has 0 saturated heterocycles. The molecule has 1 aliphatic carbocycles. The van der Waals surface area contributed by atoms with Crippen LogP contribution in [0.5, 0.6) is 0 Å². The van der Waals surface area contributed by atoms with Gasteiger partial charge in [0.15, 0.2) is 5.13 Å². The first kappa shape index (κ1) is 25.3. The Balaban J connectivity index is 1.06. The van der Waals surface area contributed by atoms with Gasteiger partial charge < -0.3 is 5.32 Å². The molecular weight excluding hydrogens is 521 g/mol. The molecule has 7 heteroatoms. The second kappa shape index (κ2) is 11.4. The number of anilines is 1. The highest BCUT2D eigenvalue weighted by atomic mass is 32.2. The van der Waals surface area contributed by atoms with Crippen molar-refractivity contribution in [2.24, 2.45) is 0 Å². The Kier molecular flexibility index (Phi) is 7.40. The number of amides is 1. The highest BCUT2D eigenvalue weighted by molar-refractivity contribution is 7.99. The molecule has 0 radical (unpaired) electrons. The second-order valence-electron chi connectivity index (χ2n) is 9.66. The van der Waals surface area contributed by atoms with Crippen molar-refractivity contribution in [1.82, 2.24) is 9.97 Å². The first-order valence-electron chi connectivity index (χ1n) is 13.0. The molecule has 1 atom stereocenters. The largest absolute Gasteiger partial charge is 0.302 e. The molecule has 1 amide bonds. The average molecular weight is 547 g/mol. The Morgan fingerprint density at radius 2 is 1.85 bits per heavy atom. The number of rotatable bonds is 7. The molecule has 0 spiro atoms. The molecule has 2 aromatic heterocycles. The number of thiazole rings is 1. The SMILES string of the molecule is N#Cc1cc2c(nc1SCCC(=O)Nc1nc(-c3ccc4ccccc4c3)cs1)CCC(c1ccccc1)C2. The molecule has 2 heterocycles. The number of hydrogen-bond donors (Lipinski definition) is 1. The van der Waals surface area contributed by atoms with Crippen molar-refractivity contribution in [2.75, 3.05) is 11.1 Å². The zero-order chi connectivity index (χ0) is 26.6. The number of pyridine rings is 1. The third kappa shape index (κ3) is 5.73. The quantitative estimate of drug-likeness (QED) is 0.212. The highest BCUT2D eigenvalue weighted by Gasteiger charge is 2.23. The van der Waals surface area contributed by atoms with Crippen LogP contribution in [0.15, 0.2) is 89.3 Å². The van der Waals surface area contributed by atoms with E-state index in [0.717, 1.165) is 46.6 Å². The average Bonchev–Trinajstić information content (AvgIpc) is 3.45. The minimum absolute atomic E-state index is 0.0934. The summed E-state index contributed by atoms with van der Waals surface area (Å²) in [5.74, 6) is 0.910. The summed E-state index contributed by atoms with van der Waals surface area (Å²) in [5, 5.41) is 18.3. The standard InChI is InChI=1S/C32H26N4OS2/c33-19-27-18-26-17-24(21-6-2-1-3-7-21)12-13-28(26)34-31(27)38-15-14-30(37)36-32-35-29(20-39-32)25-11-10-22-8-4-5-9-23(22)16-25/h1-11,16,18,20,24H,12-15,17H2,(H,35,36,37). The van der Waals surface area contributed by atoms with Gasteiger partial charge in [-0.2, -0.15) is 5.26 Å². The van der Waals surface area contributed by atoms with Gasteiger partial charge in [0, 0.05) is 28.8 Å². The first-order valence-corrected chi connectivity index (χ1v) is 14.9. The Morgan fingerprint density at radius 3 is 2.69 bits per heavy atom. The number of nitriles is 1. The molecule has 0 bridgehead atoms. The van der Waals surface area contributed by atoms with Crippen LogP contribution in [0, 0.1) is 11.3 Å². The smallest absolute Gasteiger partial charge is 0.226 e. The van der Waals surface area contributed by atoms with E-state index in [1.54, 1.807) is 0 Å². The van der Waals surface area contributed by atoms with Gasteiger partial charge in [-0.3, -0.25) is 4.79 Å². The summed E-state index contributed by atoms with van der Waals surface area (Å²) in [6, 6.07) is 29.4. The van der Waals surface area contributed by atoms with Gasteiger partial charge in [-0.1, -0.05) is 66.7 Å². The molecule has 39 heavy (non-hydrogen) atoms. The summed E-state index contributed by atoms with van der Waals surface area (Å²) >= 11 is 2.89. The maximum absolute atomic E-state index is 12.6. The monoisotopic (exact) mass is 546 g/mol. The fourth-order valence-corrected chi connectivity index (χ4v) is 6.73. The van der Waals surface area contributed by atoms with E-state index >= 15 is 0 Å². The van der Waals surface area contributed by atoms with E-state index < -0.39 is 0 Å². The predicted molar refractivity (Wildman–Crippen MR) is 159 cm³/mol. The maximum atomic E-state index is 12.6. The molecule has 0 aliphatic heterocycles. The van der Waals surface area contributed by atoms with Crippen molar-refractivity contribution in [3.05, 3.63) is 107 Å². The minimum Gasteiger partial charge on any atom is -0.302 e. The van der Waals surface area contributed by atoms with Crippen LogP contribution in [-0.2, 0) is 17.6 Å². The summed E-state index contributed by atoms with van der Waals surface area (Å²) in [7, 11) is 0. The lowest BCUT2D eigenvalue weighted by atomic mass is 9.82. The van der Waals surface area contributed by atoms with Crippen LogP contribution < -0.4 is 5.32 Å². The topological polar surface area (TPSA) is 78.7 Å². The van der Waals surface area contributed by atoms with E-state index in [0.29, 0.717) is 28.8 Å². The van der Waals surface area contributed by atoms with Crippen molar-refractivity contribution < 1.29 is 4.79 Å². The fraction of sp³-hybridized carbons (Fsp3) is 0.188. The molecule has 5 nitrogen and oxygen atoms in total. The number of aromatic nitrogens is 2. The summed E-state index contributed by atoms with van der Waals surface area (Å²) in [4.78, 5) is 22.1. The van der Waals surface area contributed by atoms with E-state index in [4.69, 9.17) is 4.98 Å². The van der Waals surface area contributed by atoms with E-state index in [1.165, 1.54) is 39.6 Å². The molecule has 6 rings (SSSR count). The van der Waals surface area contributed by atoms with Crippen molar-refractivity contribution in [2.45, 2.75) is 36.6 Å². The summed E-state index contributed by atoms with van der Waals surface area (Å²) in [5.41, 5.74) is 6.06. The van der Waals surface area contributed by atoms with Gasteiger partial charge in [-0.25, -0.2) is 9.97 Å². The number of thioether (sulfide) groups is 1. The third-order valence-corrected chi connectivity index (χ3v) is 8.86. The molecule has 3 aromatic carbocycles. The van der Waals surface area contributed by atoms with Crippen molar-refractivity contribution in [3.63, 3.8) is 0 Å². The minimum atomic E-state index is -0.0934. The Bertz CT molecular complexity index is 1690. The second-order valence-corrected chi connectivity index (χ2v) is 11.6. The van der Waals surface area contributed by atoms with E-state index in [2.05, 4.69) is 71.0 Å². The van der Waals surface area contributed by atoms with Crippen molar-refractivity contribution >= 4 is 44.9 Å². The first-order chi connectivity index (χ1) is 19.2. The molecule has 0 saturated carbocycles. The van der Waals surface area contributed by atoms with E-state index in [1.807, 2.05) is 29.6 Å². The number of hydrogen-bond acceptors (Lipinski definition) is 6. The fourth-order valence-electron chi connectivity index (χ4n) is 5.08. The van der Waals surface area contributed by atoms with Crippen molar-refractivity contribution in [1.29, 1.82) is 5.26 Å². The number of nitrogens with one attached hydrogen (secondary N) is 1. The molecule has 1 aliphatic rings.